The van der Waals surface area contributed by atoms with Crippen LogP contribution in [0.4, 0.5) is 0 Å². The first-order valence-electron chi connectivity index (χ1n) is 6.03. The van der Waals surface area contributed by atoms with Crippen LogP contribution < -0.4 is 5.73 Å². The molecule has 0 aliphatic heterocycles. The predicted molar refractivity (Wildman–Crippen MR) is 61.7 cm³/mol. The number of nitrogens with zero attached hydrogens (tertiary/aromatic N) is 1. The molecule has 1 aromatic rings. The summed E-state index contributed by atoms with van der Waals surface area (Å²) in [6.07, 6.45) is 8.40. The Bertz CT molecular complexity index is 300. The number of nitrogens with two attached hydrogens (primary N) is 1. The molecule has 1 atom stereocenters. The highest BCUT2D eigenvalue weighted by atomic mass is 14.9. The molecule has 0 aromatic carbocycles. The van der Waals surface area contributed by atoms with Crippen LogP contribution in [0.15, 0.2) is 6.20 Å². The molecule has 3 heteroatoms. The molecule has 3 nitrogen and oxygen atoms in total. The molecule has 1 aliphatic carbocycles. The lowest BCUT2D eigenvalue weighted by Crippen LogP contribution is -2.13. The van der Waals surface area contributed by atoms with Gasteiger partial charge in [-0.15, -0.1) is 0 Å². The van der Waals surface area contributed by atoms with Crippen molar-refractivity contribution < 1.29 is 0 Å². The van der Waals surface area contributed by atoms with Crippen molar-refractivity contribution in [2.75, 3.05) is 6.54 Å². The van der Waals surface area contributed by atoms with E-state index < -0.39 is 0 Å². The Balaban J connectivity index is 1.97. The molecule has 0 radical (unpaired) electrons. The van der Waals surface area contributed by atoms with Gasteiger partial charge in [0.15, 0.2) is 0 Å². The van der Waals surface area contributed by atoms with Crippen molar-refractivity contribution >= 4 is 0 Å². The lowest BCUT2D eigenvalue weighted by Gasteiger charge is -2.06. The van der Waals surface area contributed by atoms with Crippen LogP contribution in [0.2, 0.25) is 0 Å². The Morgan fingerprint density at radius 1 is 1.53 bits per heavy atom. The van der Waals surface area contributed by atoms with E-state index in [4.69, 9.17) is 5.73 Å². The van der Waals surface area contributed by atoms with Crippen LogP contribution in [0.5, 0.6) is 0 Å². The van der Waals surface area contributed by atoms with Gasteiger partial charge >= 0.3 is 0 Å². The fourth-order valence-corrected chi connectivity index (χ4v) is 2.34. The van der Waals surface area contributed by atoms with Gasteiger partial charge in [0.25, 0.3) is 0 Å². The first kappa shape index (κ1) is 10.7. The number of hydrogen-bond acceptors (Lipinski definition) is 2. The third kappa shape index (κ3) is 2.59. The van der Waals surface area contributed by atoms with Gasteiger partial charge in [0, 0.05) is 24.2 Å². The van der Waals surface area contributed by atoms with Gasteiger partial charge in [-0.05, 0) is 25.3 Å². The molecule has 0 spiro atoms. The van der Waals surface area contributed by atoms with Crippen molar-refractivity contribution in [1.29, 1.82) is 0 Å². The van der Waals surface area contributed by atoms with E-state index in [-0.39, 0.29) is 0 Å². The highest BCUT2D eigenvalue weighted by molar-refractivity contribution is 5.09. The molecular weight excluding hydrogens is 186 g/mol. The van der Waals surface area contributed by atoms with Crippen LogP contribution in [0.25, 0.3) is 0 Å². The number of aromatic nitrogens is 2. The number of nitrogens with one attached hydrogen (secondary N) is 1. The van der Waals surface area contributed by atoms with Crippen molar-refractivity contribution in [2.45, 2.75) is 44.9 Å². The average molecular weight is 207 g/mol. The first-order chi connectivity index (χ1) is 7.29. The van der Waals surface area contributed by atoms with Crippen molar-refractivity contribution in [2.24, 2.45) is 11.7 Å². The predicted octanol–water partition coefficient (Wildman–Crippen LogP) is 2.20. The summed E-state index contributed by atoms with van der Waals surface area (Å²) in [6, 6.07) is 0. The zero-order valence-corrected chi connectivity index (χ0v) is 9.50. The van der Waals surface area contributed by atoms with Gasteiger partial charge < -0.3 is 10.7 Å². The van der Waals surface area contributed by atoms with Crippen LogP contribution >= 0.6 is 0 Å². The summed E-state index contributed by atoms with van der Waals surface area (Å²) in [5, 5.41) is 0. The number of aromatic amines is 1. The minimum Gasteiger partial charge on any atom is -0.346 e. The van der Waals surface area contributed by atoms with E-state index in [1.165, 1.54) is 31.4 Å². The summed E-state index contributed by atoms with van der Waals surface area (Å²) >= 11 is 0. The molecule has 0 saturated heterocycles. The summed E-state index contributed by atoms with van der Waals surface area (Å²) in [5.74, 6) is 2.36. The molecule has 2 rings (SSSR count). The third-order valence-corrected chi connectivity index (χ3v) is 3.39. The van der Waals surface area contributed by atoms with Gasteiger partial charge in [-0.2, -0.15) is 0 Å². The fraction of sp³-hybridized carbons (Fsp3) is 0.750. The Labute approximate surface area is 91.5 Å². The van der Waals surface area contributed by atoms with E-state index in [1.54, 1.807) is 0 Å². The quantitative estimate of drug-likeness (QED) is 0.795. The molecule has 84 valence electrons. The Kier molecular flexibility index (Phi) is 3.41. The van der Waals surface area contributed by atoms with Crippen LogP contribution in [0.1, 0.15) is 50.0 Å². The van der Waals surface area contributed by atoms with Crippen LogP contribution in [0, 0.1) is 5.92 Å². The third-order valence-electron chi connectivity index (χ3n) is 3.39. The van der Waals surface area contributed by atoms with Gasteiger partial charge in [0.2, 0.25) is 0 Å². The second-order valence-corrected chi connectivity index (χ2v) is 4.81. The summed E-state index contributed by atoms with van der Waals surface area (Å²) in [5.41, 5.74) is 6.95. The van der Waals surface area contributed by atoms with E-state index in [2.05, 4.69) is 16.9 Å². The molecule has 1 saturated carbocycles. The van der Waals surface area contributed by atoms with Crippen molar-refractivity contribution in [1.82, 2.24) is 9.97 Å². The maximum atomic E-state index is 5.61. The molecule has 1 heterocycles. The number of H-pyrrole nitrogens is 1. The summed E-state index contributed by atoms with van der Waals surface area (Å²) in [6.45, 7) is 2.90. The SMILES string of the molecule is CC(CN)Cc1ncc(C2CCCC2)[nH]1. The molecule has 0 amide bonds. The van der Waals surface area contributed by atoms with Crippen molar-refractivity contribution in [3.05, 3.63) is 17.7 Å². The first-order valence-corrected chi connectivity index (χ1v) is 6.03. The van der Waals surface area contributed by atoms with Gasteiger partial charge in [-0.1, -0.05) is 19.8 Å². The number of rotatable bonds is 4. The smallest absolute Gasteiger partial charge is 0.106 e. The van der Waals surface area contributed by atoms with Gasteiger partial charge in [-0.25, -0.2) is 4.98 Å². The Hall–Kier alpha value is -0.830. The largest absolute Gasteiger partial charge is 0.346 e. The Morgan fingerprint density at radius 3 is 2.93 bits per heavy atom. The van der Waals surface area contributed by atoms with Crippen molar-refractivity contribution in [3.63, 3.8) is 0 Å². The van der Waals surface area contributed by atoms with E-state index in [0.717, 1.165) is 24.7 Å². The summed E-state index contributed by atoms with van der Waals surface area (Å²) in [7, 11) is 0. The standard InChI is InChI=1S/C12H21N3/c1-9(7-13)6-12-14-8-11(15-12)10-4-2-3-5-10/h8-10H,2-7,13H2,1H3,(H,14,15). The average Bonchev–Trinajstić information content (AvgIpc) is 2.85. The lowest BCUT2D eigenvalue weighted by molar-refractivity contribution is 0.575. The van der Waals surface area contributed by atoms with E-state index in [1.807, 2.05) is 6.20 Å². The van der Waals surface area contributed by atoms with E-state index >= 15 is 0 Å². The second kappa shape index (κ2) is 4.79. The molecule has 1 fully saturated rings. The second-order valence-electron chi connectivity index (χ2n) is 4.81. The minimum atomic E-state index is 0.521. The van der Waals surface area contributed by atoms with Crippen LogP contribution in [-0.4, -0.2) is 16.5 Å². The molecule has 3 N–H and O–H groups in total. The van der Waals surface area contributed by atoms with Crippen molar-refractivity contribution in [3.8, 4) is 0 Å². The van der Waals surface area contributed by atoms with Gasteiger partial charge in [0.1, 0.15) is 5.82 Å². The zero-order chi connectivity index (χ0) is 10.7. The van der Waals surface area contributed by atoms with Crippen LogP contribution in [-0.2, 0) is 6.42 Å². The number of imidazole rings is 1. The molecule has 1 unspecified atom stereocenters. The van der Waals surface area contributed by atoms with E-state index in [9.17, 15) is 0 Å². The molecule has 1 aromatic heterocycles. The summed E-state index contributed by atoms with van der Waals surface area (Å²) in [4.78, 5) is 7.89. The molecule has 0 bridgehead atoms. The van der Waals surface area contributed by atoms with Gasteiger partial charge in [-0.3, -0.25) is 0 Å². The number of hydrogen-bond donors (Lipinski definition) is 2. The highest BCUT2D eigenvalue weighted by Crippen LogP contribution is 2.32. The maximum absolute atomic E-state index is 5.61. The normalized spacial score (nSPS) is 19.6. The van der Waals surface area contributed by atoms with Crippen LogP contribution in [0.3, 0.4) is 0 Å². The van der Waals surface area contributed by atoms with Gasteiger partial charge in [0.05, 0.1) is 0 Å². The maximum Gasteiger partial charge on any atom is 0.106 e. The molecular formula is C12H21N3. The topological polar surface area (TPSA) is 54.7 Å². The monoisotopic (exact) mass is 207 g/mol. The molecule has 1 aliphatic rings. The lowest BCUT2D eigenvalue weighted by atomic mass is 10.1. The molecule has 15 heavy (non-hydrogen) atoms. The minimum absolute atomic E-state index is 0.521. The summed E-state index contributed by atoms with van der Waals surface area (Å²) < 4.78 is 0. The zero-order valence-electron chi connectivity index (χ0n) is 9.50. The Morgan fingerprint density at radius 2 is 2.27 bits per heavy atom. The van der Waals surface area contributed by atoms with E-state index in [0.29, 0.717) is 5.92 Å². The fourth-order valence-electron chi connectivity index (χ4n) is 2.34. The highest BCUT2D eigenvalue weighted by Gasteiger charge is 2.19.